The number of rotatable bonds is 2. The van der Waals surface area contributed by atoms with Crippen LogP contribution in [0, 0.1) is 20.8 Å². The highest BCUT2D eigenvalue weighted by Crippen LogP contribution is 2.38. The maximum atomic E-state index is 10.7. The summed E-state index contributed by atoms with van der Waals surface area (Å²) in [6.07, 6.45) is 1.73. The van der Waals surface area contributed by atoms with Gasteiger partial charge in [0.1, 0.15) is 0 Å². The van der Waals surface area contributed by atoms with Gasteiger partial charge in [0.15, 0.2) is 0 Å². The Morgan fingerprint density at radius 1 is 1.29 bits per heavy atom. The van der Waals surface area contributed by atoms with Crippen molar-refractivity contribution in [3.05, 3.63) is 34.4 Å². The van der Waals surface area contributed by atoms with Gasteiger partial charge in [-0.05, 0) is 49.6 Å². The molecule has 1 aromatic carbocycles. The van der Waals surface area contributed by atoms with Crippen LogP contribution in [-0.4, -0.2) is 21.7 Å². The normalized spacial score (nSPS) is 28.6. The van der Waals surface area contributed by atoms with E-state index in [0.717, 1.165) is 18.6 Å². The molecular formula is C15H22OS. The average molecular weight is 250 g/mol. The average Bonchev–Trinajstić information content (AvgIpc) is 2.54. The third kappa shape index (κ3) is 2.53. The first-order valence-corrected chi connectivity index (χ1v) is 7.38. The molecule has 1 aliphatic heterocycles. The van der Waals surface area contributed by atoms with Gasteiger partial charge in [-0.15, -0.1) is 0 Å². The summed E-state index contributed by atoms with van der Waals surface area (Å²) >= 11 is 1.89. The van der Waals surface area contributed by atoms with Crippen molar-refractivity contribution in [1.82, 2.24) is 0 Å². The molecule has 0 aromatic heterocycles. The van der Waals surface area contributed by atoms with Crippen LogP contribution in [0.1, 0.15) is 35.6 Å². The highest BCUT2D eigenvalue weighted by Gasteiger charge is 2.39. The number of aryl methyl sites for hydroxylation is 3. The maximum Gasteiger partial charge on any atom is 0.0811 e. The second-order valence-corrected chi connectivity index (χ2v) is 6.87. The van der Waals surface area contributed by atoms with Gasteiger partial charge in [-0.2, -0.15) is 11.8 Å². The first-order valence-electron chi connectivity index (χ1n) is 6.33. The lowest BCUT2D eigenvalue weighted by atomic mass is 9.85. The van der Waals surface area contributed by atoms with Crippen molar-refractivity contribution >= 4 is 11.8 Å². The van der Waals surface area contributed by atoms with E-state index in [2.05, 4.69) is 39.8 Å². The lowest BCUT2D eigenvalue weighted by molar-refractivity contribution is 0.0461. The zero-order valence-electron chi connectivity index (χ0n) is 11.2. The molecule has 0 aliphatic carbocycles. The van der Waals surface area contributed by atoms with Crippen molar-refractivity contribution in [2.24, 2.45) is 0 Å². The molecule has 2 unspecified atom stereocenters. The summed E-state index contributed by atoms with van der Waals surface area (Å²) in [6, 6.07) is 4.44. The van der Waals surface area contributed by atoms with E-state index in [0.29, 0.717) is 5.25 Å². The minimum atomic E-state index is -0.505. The first kappa shape index (κ1) is 13.0. The smallest absolute Gasteiger partial charge is 0.0811 e. The Hall–Kier alpha value is -0.470. The third-order valence-corrected chi connectivity index (χ3v) is 5.36. The molecule has 0 radical (unpaired) electrons. The molecule has 0 amide bonds. The number of thioether (sulfide) groups is 1. The lowest BCUT2D eigenvalue weighted by Crippen LogP contribution is -2.37. The van der Waals surface area contributed by atoms with E-state index in [1.54, 1.807) is 0 Å². The Bertz CT molecular complexity index is 404. The van der Waals surface area contributed by atoms with Crippen LogP contribution < -0.4 is 0 Å². The summed E-state index contributed by atoms with van der Waals surface area (Å²) in [6.45, 7) is 8.60. The van der Waals surface area contributed by atoms with Gasteiger partial charge in [-0.3, -0.25) is 0 Å². The molecule has 1 saturated heterocycles. The molecule has 94 valence electrons. The molecule has 1 nitrogen and oxygen atoms in total. The van der Waals surface area contributed by atoms with Crippen LogP contribution in [-0.2, 0) is 6.42 Å². The highest BCUT2D eigenvalue weighted by molar-refractivity contribution is 8.00. The van der Waals surface area contributed by atoms with Gasteiger partial charge in [-0.1, -0.05) is 24.6 Å². The first-order chi connectivity index (χ1) is 7.92. The highest BCUT2D eigenvalue weighted by atomic mass is 32.2. The van der Waals surface area contributed by atoms with E-state index < -0.39 is 5.60 Å². The predicted octanol–water partition coefficient (Wildman–Crippen LogP) is 3.41. The van der Waals surface area contributed by atoms with E-state index in [1.807, 2.05) is 11.8 Å². The second kappa shape index (κ2) is 4.66. The molecule has 1 fully saturated rings. The number of aliphatic hydroxyl groups is 1. The molecular weight excluding hydrogens is 228 g/mol. The predicted molar refractivity (Wildman–Crippen MR) is 75.8 cm³/mol. The van der Waals surface area contributed by atoms with Gasteiger partial charge >= 0.3 is 0 Å². The fourth-order valence-corrected chi connectivity index (χ4v) is 4.13. The van der Waals surface area contributed by atoms with Gasteiger partial charge < -0.3 is 5.11 Å². The van der Waals surface area contributed by atoms with E-state index in [1.165, 1.54) is 22.3 Å². The quantitative estimate of drug-likeness (QED) is 0.868. The van der Waals surface area contributed by atoms with Crippen LogP contribution in [0.4, 0.5) is 0 Å². The van der Waals surface area contributed by atoms with E-state index in [9.17, 15) is 5.11 Å². The maximum absolute atomic E-state index is 10.7. The van der Waals surface area contributed by atoms with Gasteiger partial charge in [-0.25, -0.2) is 0 Å². The van der Waals surface area contributed by atoms with Crippen molar-refractivity contribution in [3.63, 3.8) is 0 Å². The van der Waals surface area contributed by atoms with Gasteiger partial charge in [0.25, 0.3) is 0 Å². The largest absolute Gasteiger partial charge is 0.388 e. The lowest BCUT2D eigenvalue weighted by Gasteiger charge is -2.28. The topological polar surface area (TPSA) is 20.2 Å². The van der Waals surface area contributed by atoms with Crippen molar-refractivity contribution in [2.75, 3.05) is 5.75 Å². The summed E-state index contributed by atoms with van der Waals surface area (Å²) in [5, 5.41) is 11.1. The molecule has 0 bridgehead atoms. The Kier molecular flexibility index (Phi) is 3.55. The van der Waals surface area contributed by atoms with Crippen molar-refractivity contribution in [3.8, 4) is 0 Å². The molecule has 0 spiro atoms. The van der Waals surface area contributed by atoms with Crippen molar-refractivity contribution in [1.29, 1.82) is 0 Å². The van der Waals surface area contributed by atoms with Crippen LogP contribution in [0.15, 0.2) is 12.1 Å². The number of hydrogen-bond acceptors (Lipinski definition) is 2. The summed E-state index contributed by atoms with van der Waals surface area (Å²) in [5.41, 5.74) is 4.78. The second-order valence-electron chi connectivity index (χ2n) is 5.42. The summed E-state index contributed by atoms with van der Waals surface area (Å²) in [7, 11) is 0. The van der Waals surface area contributed by atoms with Crippen molar-refractivity contribution < 1.29 is 5.11 Å². The minimum Gasteiger partial charge on any atom is -0.388 e. The molecule has 0 saturated carbocycles. The van der Waals surface area contributed by atoms with Crippen LogP contribution >= 0.6 is 11.8 Å². The van der Waals surface area contributed by atoms with E-state index in [-0.39, 0.29) is 0 Å². The Balaban J connectivity index is 2.30. The standard InChI is InChI=1S/C15H22OS/c1-10-7-11(2)14(12(3)8-10)9-15(16)5-6-17-13(15)4/h7-8,13,16H,5-6,9H2,1-4H3. The van der Waals surface area contributed by atoms with Crippen LogP contribution in [0.5, 0.6) is 0 Å². The third-order valence-electron chi connectivity index (χ3n) is 3.98. The Morgan fingerprint density at radius 2 is 1.88 bits per heavy atom. The van der Waals surface area contributed by atoms with E-state index >= 15 is 0 Å². The SMILES string of the molecule is Cc1cc(C)c(CC2(O)CCSC2C)c(C)c1. The zero-order chi connectivity index (χ0) is 12.6. The van der Waals surface area contributed by atoms with Gasteiger partial charge in [0.2, 0.25) is 0 Å². The molecule has 2 rings (SSSR count). The molecule has 2 heteroatoms. The molecule has 1 N–H and O–H groups in total. The van der Waals surface area contributed by atoms with Crippen molar-refractivity contribution in [2.45, 2.75) is 51.4 Å². The molecule has 1 heterocycles. The number of hydrogen-bond donors (Lipinski definition) is 1. The molecule has 17 heavy (non-hydrogen) atoms. The monoisotopic (exact) mass is 250 g/mol. The van der Waals surface area contributed by atoms with E-state index in [4.69, 9.17) is 0 Å². The fraction of sp³-hybridized carbons (Fsp3) is 0.600. The molecule has 1 aromatic rings. The zero-order valence-corrected chi connectivity index (χ0v) is 12.0. The van der Waals surface area contributed by atoms with Crippen LogP contribution in [0.3, 0.4) is 0 Å². The van der Waals surface area contributed by atoms with Gasteiger partial charge in [0, 0.05) is 11.7 Å². The molecule has 2 atom stereocenters. The summed E-state index contributed by atoms with van der Waals surface area (Å²) in [5.74, 6) is 1.08. The Morgan fingerprint density at radius 3 is 2.35 bits per heavy atom. The summed E-state index contributed by atoms with van der Waals surface area (Å²) in [4.78, 5) is 0. The van der Waals surface area contributed by atoms with Crippen LogP contribution in [0.25, 0.3) is 0 Å². The van der Waals surface area contributed by atoms with Gasteiger partial charge in [0.05, 0.1) is 5.60 Å². The Labute approximate surface area is 109 Å². The molecule has 1 aliphatic rings. The summed E-state index contributed by atoms with van der Waals surface area (Å²) < 4.78 is 0. The van der Waals surface area contributed by atoms with Crippen LogP contribution in [0.2, 0.25) is 0 Å². The minimum absolute atomic E-state index is 0.350. The fourth-order valence-electron chi connectivity index (χ4n) is 2.80. The number of benzene rings is 1.